The Hall–Kier alpha value is 0. The van der Waals surface area contributed by atoms with E-state index in [2.05, 4.69) is 27.7 Å². The monoisotopic (exact) mass is 152 g/mol. The molecule has 2 rings (SSSR count). The van der Waals surface area contributed by atoms with Crippen molar-refractivity contribution in [3.63, 3.8) is 0 Å². The highest BCUT2D eigenvalue weighted by Gasteiger charge is 2.73. The van der Waals surface area contributed by atoms with Crippen LogP contribution in [0.15, 0.2) is 0 Å². The van der Waals surface area contributed by atoms with Gasteiger partial charge in [0, 0.05) is 0 Å². The Kier molecular flexibility index (Phi) is 1.28. The van der Waals surface area contributed by atoms with Gasteiger partial charge < -0.3 is 0 Å². The van der Waals surface area contributed by atoms with Crippen LogP contribution in [0.4, 0.5) is 0 Å². The van der Waals surface area contributed by atoms with E-state index in [1.807, 2.05) is 0 Å². The van der Waals surface area contributed by atoms with Crippen LogP contribution in [0.5, 0.6) is 0 Å². The van der Waals surface area contributed by atoms with Crippen LogP contribution in [-0.2, 0) is 0 Å². The Morgan fingerprint density at radius 1 is 1.36 bits per heavy atom. The summed E-state index contributed by atoms with van der Waals surface area (Å²) in [6.07, 6.45) is 4.43. The Labute approximate surface area is 70.4 Å². The molecule has 0 bridgehead atoms. The Morgan fingerprint density at radius 3 is 2.00 bits per heavy atom. The zero-order valence-electron chi connectivity index (χ0n) is 8.28. The summed E-state index contributed by atoms with van der Waals surface area (Å²) < 4.78 is 0. The van der Waals surface area contributed by atoms with E-state index >= 15 is 0 Å². The van der Waals surface area contributed by atoms with Gasteiger partial charge in [-0.2, -0.15) is 0 Å². The van der Waals surface area contributed by atoms with E-state index in [1.165, 1.54) is 19.3 Å². The van der Waals surface area contributed by atoms with Crippen LogP contribution in [0.3, 0.4) is 0 Å². The van der Waals surface area contributed by atoms with Crippen LogP contribution in [-0.4, -0.2) is 0 Å². The molecule has 1 spiro atoms. The minimum atomic E-state index is 0.673. The molecule has 3 unspecified atom stereocenters. The van der Waals surface area contributed by atoms with E-state index in [-0.39, 0.29) is 0 Å². The van der Waals surface area contributed by atoms with E-state index in [9.17, 15) is 0 Å². The zero-order valence-corrected chi connectivity index (χ0v) is 8.28. The van der Waals surface area contributed by atoms with Crippen LogP contribution < -0.4 is 0 Å². The third-order valence-electron chi connectivity index (χ3n) is 5.10. The second-order valence-electron chi connectivity index (χ2n) is 5.13. The smallest absolute Gasteiger partial charge is 0.0184 e. The molecule has 64 valence electrons. The largest absolute Gasteiger partial charge is 0.0651 e. The Morgan fingerprint density at radius 2 is 1.91 bits per heavy atom. The average Bonchev–Trinajstić information content (AvgIpc) is 2.30. The lowest BCUT2D eigenvalue weighted by Crippen LogP contribution is -2.31. The number of hydrogen-bond acceptors (Lipinski definition) is 0. The summed E-state index contributed by atoms with van der Waals surface area (Å²) in [7, 11) is 0. The average molecular weight is 152 g/mol. The first-order valence-electron chi connectivity index (χ1n) is 5.07. The number of rotatable bonds is 1. The molecule has 0 aliphatic heterocycles. The molecule has 2 fully saturated rings. The normalized spacial score (nSPS) is 52.4. The summed E-state index contributed by atoms with van der Waals surface area (Å²) in [6.45, 7) is 9.72. The topological polar surface area (TPSA) is 0 Å². The van der Waals surface area contributed by atoms with Crippen molar-refractivity contribution in [1.29, 1.82) is 0 Å². The quantitative estimate of drug-likeness (QED) is 0.539. The minimum Gasteiger partial charge on any atom is -0.0651 e. The highest BCUT2D eigenvalue weighted by Crippen LogP contribution is 2.80. The molecule has 0 saturated heterocycles. The second kappa shape index (κ2) is 1.84. The van der Waals surface area contributed by atoms with E-state index in [1.54, 1.807) is 0 Å². The molecule has 0 N–H and O–H groups in total. The summed E-state index contributed by atoms with van der Waals surface area (Å²) in [5.74, 6) is 2.06. The van der Waals surface area contributed by atoms with Crippen molar-refractivity contribution < 1.29 is 0 Å². The van der Waals surface area contributed by atoms with Gasteiger partial charge in [0.05, 0.1) is 0 Å². The Balaban J connectivity index is 2.16. The van der Waals surface area contributed by atoms with Gasteiger partial charge in [0.25, 0.3) is 0 Å². The fourth-order valence-corrected chi connectivity index (χ4v) is 3.81. The first kappa shape index (κ1) is 7.64. The highest BCUT2D eigenvalue weighted by atomic mass is 14.8. The summed E-state index contributed by atoms with van der Waals surface area (Å²) in [5.41, 5.74) is 1.47. The molecule has 2 aliphatic carbocycles. The van der Waals surface area contributed by atoms with Crippen molar-refractivity contribution in [2.24, 2.45) is 22.7 Å². The van der Waals surface area contributed by atoms with Crippen LogP contribution in [0.1, 0.15) is 47.0 Å². The molecule has 0 nitrogen and oxygen atoms in total. The molecule has 0 radical (unpaired) electrons. The standard InChI is InChI=1S/C11H20/c1-5-9-6-7-11(9)8(2)10(11,3)4/h8-9H,5-7H2,1-4H3. The minimum absolute atomic E-state index is 0.673. The van der Waals surface area contributed by atoms with Gasteiger partial charge in [0.2, 0.25) is 0 Å². The summed E-state index contributed by atoms with van der Waals surface area (Å²) in [6, 6.07) is 0. The van der Waals surface area contributed by atoms with Crippen LogP contribution >= 0.6 is 0 Å². The van der Waals surface area contributed by atoms with E-state index in [0.717, 1.165) is 17.3 Å². The first-order valence-corrected chi connectivity index (χ1v) is 5.07. The second-order valence-corrected chi connectivity index (χ2v) is 5.13. The van der Waals surface area contributed by atoms with Gasteiger partial charge in [-0.3, -0.25) is 0 Å². The van der Waals surface area contributed by atoms with E-state index in [4.69, 9.17) is 0 Å². The van der Waals surface area contributed by atoms with Gasteiger partial charge in [-0.1, -0.05) is 34.1 Å². The molecule has 3 atom stereocenters. The van der Waals surface area contributed by atoms with Crippen molar-refractivity contribution in [3.8, 4) is 0 Å². The number of hydrogen-bond donors (Lipinski definition) is 0. The Bertz CT molecular complexity index is 178. The molecule has 0 aromatic carbocycles. The summed E-state index contributed by atoms with van der Waals surface area (Å²) in [4.78, 5) is 0. The van der Waals surface area contributed by atoms with Crippen LogP contribution in [0, 0.1) is 22.7 Å². The van der Waals surface area contributed by atoms with Crippen molar-refractivity contribution in [2.45, 2.75) is 47.0 Å². The molecule has 2 saturated carbocycles. The van der Waals surface area contributed by atoms with Crippen molar-refractivity contribution in [1.82, 2.24) is 0 Å². The molecule has 0 aromatic rings. The summed E-state index contributed by atoms with van der Waals surface area (Å²) in [5, 5.41) is 0. The lowest BCUT2D eigenvalue weighted by atomic mass is 9.64. The van der Waals surface area contributed by atoms with Gasteiger partial charge in [0.1, 0.15) is 0 Å². The van der Waals surface area contributed by atoms with Gasteiger partial charge in [-0.05, 0) is 35.5 Å². The predicted octanol–water partition coefficient (Wildman–Crippen LogP) is 3.47. The molecule has 11 heavy (non-hydrogen) atoms. The van der Waals surface area contributed by atoms with Crippen LogP contribution in [0.25, 0.3) is 0 Å². The maximum absolute atomic E-state index is 2.46. The lowest BCUT2D eigenvalue weighted by Gasteiger charge is -2.40. The third kappa shape index (κ3) is 0.588. The van der Waals surface area contributed by atoms with E-state index in [0.29, 0.717) is 5.41 Å². The van der Waals surface area contributed by atoms with Gasteiger partial charge >= 0.3 is 0 Å². The van der Waals surface area contributed by atoms with Crippen LogP contribution in [0.2, 0.25) is 0 Å². The van der Waals surface area contributed by atoms with Gasteiger partial charge in [-0.25, -0.2) is 0 Å². The molecule has 0 heteroatoms. The molecular weight excluding hydrogens is 132 g/mol. The molecular formula is C11H20. The maximum atomic E-state index is 2.46. The first-order chi connectivity index (χ1) is 5.07. The fourth-order valence-electron chi connectivity index (χ4n) is 3.81. The fraction of sp³-hybridized carbons (Fsp3) is 1.00. The van der Waals surface area contributed by atoms with E-state index < -0.39 is 0 Å². The van der Waals surface area contributed by atoms with Crippen molar-refractivity contribution in [3.05, 3.63) is 0 Å². The predicted molar refractivity (Wildman–Crippen MR) is 48.4 cm³/mol. The maximum Gasteiger partial charge on any atom is -0.0184 e. The van der Waals surface area contributed by atoms with Gasteiger partial charge in [0.15, 0.2) is 0 Å². The summed E-state index contributed by atoms with van der Waals surface area (Å²) >= 11 is 0. The third-order valence-corrected chi connectivity index (χ3v) is 5.10. The molecule has 0 aromatic heterocycles. The lowest BCUT2D eigenvalue weighted by molar-refractivity contribution is 0.0929. The molecule has 0 heterocycles. The zero-order chi connectivity index (χ0) is 8.28. The van der Waals surface area contributed by atoms with Crippen molar-refractivity contribution in [2.75, 3.05) is 0 Å². The molecule has 0 amide bonds. The van der Waals surface area contributed by atoms with Gasteiger partial charge in [-0.15, -0.1) is 0 Å². The molecule has 2 aliphatic rings. The van der Waals surface area contributed by atoms with Crippen molar-refractivity contribution >= 4 is 0 Å². The highest BCUT2D eigenvalue weighted by molar-refractivity contribution is 5.21. The SMILES string of the molecule is CCC1CCC12C(C)C2(C)C.